The molecule has 0 saturated carbocycles. The molecular formula is C22H18N4O4. The monoisotopic (exact) mass is 402 g/mol. The van der Waals surface area contributed by atoms with Gasteiger partial charge in [-0.3, -0.25) is 14.9 Å². The Morgan fingerprint density at radius 2 is 1.93 bits per heavy atom. The van der Waals surface area contributed by atoms with E-state index in [9.17, 15) is 20.2 Å². The number of benzene rings is 2. The maximum absolute atomic E-state index is 12.7. The van der Waals surface area contributed by atoms with Crippen LogP contribution in [-0.4, -0.2) is 20.6 Å². The van der Waals surface area contributed by atoms with E-state index in [1.54, 1.807) is 56.3 Å². The highest BCUT2D eigenvalue weighted by molar-refractivity contribution is 6.03. The quantitative estimate of drug-likeness (QED) is 0.264. The molecule has 0 aliphatic rings. The van der Waals surface area contributed by atoms with Crippen molar-refractivity contribution in [3.05, 3.63) is 92.8 Å². The number of nitriles is 1. The Morgan fingerprint density at radius 3 is 2.53 bits per heavy atom. The van der Waals surface area contributed by atoms with E-state index < -0.39 is 10.8 Å². The number of non-ortho nitro benzene ring substituents is 1. The van der Waals surface area contributed by atoms with Gasteiger partial charge in [0.25, 0.3) is 11.6 Å². The largest absolute Gasteiger partial charge is 0.488 e. The van der Waals surface area contributed by atoms with E-state index in [0.29, 0.717) is 22.7 Å². The van der Waals surface area contributed by atoms with Crippen molar-refractivity contribution in [3.8, 4) is 11.8 Å². The van der Waals surface area contributed by atoms with Crippen LogP contribution in [0.5, 0.6) is 5.75 Å². The van der Waals surface area contributed by atoms with Gasteiger partial charge in [0.1, 0.15) is 24.0 Å². The molecular weight excluding hydrogens is 384 g/mol. The number of hydrogen-bond donors (Lipinski definition) is 0. The van der Waals surface area contributed by atoms with Gasteiger partial charge in [-0.15, -0.1) is 0 Å². The number of carbonyl (C=O) groups is 1. The predicted molar refractivity (Wildman–Crippen MR) is 110 cm³/mol. The first-order valence-electron chi connectivity index (χ1n) is 9.04. The van der Waals surface area contributed by atoms with Crippen molar-refractivity contribution in [2.45, 2.75) is 20.5 Å². The number of ether oxygens (including phenoxy) is 1. The third-order valence-electron chi connectivity index (χ3n) is 4.31. The first-order valence-corrected chi connectivity index (χ1v) is 9.04. The number of aryl methyl sites for hydroxylation is 2. The van der Waals surface area contributed by atoms with Crippen molar-refractivity contribution in [2.75, 3.05) is 0 Å². The van der Waals surface area contributed by atoms with Gasteiger partial charge in [-0.25, -0.2) is 4.68 Å². The van der Waals surface area contributed by atoms with Crippen molar-refractivity contribution < 1.29 is 14.5 Å². The smallest absolute Gasteiger partial charge is 0.289 e. The highest BCUT2D eigenvalue weighted by Gasteiger charge is 2.16. The highest BCUT2D eigenvalue weighted by Crippen LogP contribution is 2.23. The summed E-state index contributed by atoms with van der Waals surface area (Å²) in [5.74, 6) is -0.0435. The van der Waals surface area contributed by atoms with Gasteiger partial charge in [0.05, 0.1) is 10.6 Å². The van der Waals surface area contributed by atoms with Gasteiger partial charge in [-0.05, 0) is 49.8 Å². The molecule has 0 saturated heterocycles. The van der Waals surface area contributed by atoms with Gasteiger partial charge in [0.2, 0.25) is 0 Å². The molecule has 150 valence electrons. The zero-order valence-corrected chi connectivity index (χ0v) is 16.4. The van der Waals surface area contributed by atoms with Crippen molar-refractivity contribution >= 4 is 17.7 Å². The topological polar surface area (TPSA) is 111 Å². The lowest BCUT2D eigenvalue weighted by molar-refractivity contribution is -0.384. The minimum absolute atomic E-state index is 0.00316. The molecule has 3 aromatic rings. The first kappa shape index (κ1) is 20.5. The first-order chi connectivity index (χ1) is 14.4. The number of carbonyl (C=O) groups excluding carboxylic acids is 1. The molecule has 0 unspecified atom stereocenters. The summed E-state index contributed by atoms with van der Waals surface area (Å²) in [6.07, 6.45) is 1.46. The molecule has 0 atom stereocenters. The number of nitrogens with zero attached hydrogens (tertiary/aromatic N) is 4. The Balaban J connectivity index is 1.83. The van der Waals surface area contributed by atoms with Gasteiger partial charge in [0.15, 0.2) is 0 Å². The average Bonchev–Trinajstić information content (AvgIpc) is 3.08. The number of nitro groups is 1. The molecule has 8 nitrogen and oxygen atoms in total. The van der Waals surface area contributed by atoms with Crippen LogP contribution in [0, 0.1) is 35.3 Å². The fourth-order valence-corrected chi connectivity index (χ4v) is 2.85. The molecule has 0 bridgehead atoms. The number of allylic oxidation sites excluding steroid dienone is 1. The van der Waals surface area contributed by atoms with Gasteiger partial charge >= 0.3 is 0 Å². The standard InChI is InChI=1S/C22H18N4O4/c1-15-11-16(2)25(24-15)22(27)19(13-23)12-18-5-3-4-6-21(18)30-14-17-7-9-20(10-8-17)26(28)29/h3-12H,14H2,1-2H3/b19-12+. The number of nitro benzene ring substituents is 1. The van der Waals surface area contributed by atoms with Crippen molar-refractivity contribution in [1.82, 2.24) is 9.78 Å². The molecule has 0 spiro atoms. The highest BCUT2D eigenvalue weighted by atomic mass is 16.6. The lowest BCUT2D eigenvalue weighted by Gasteiger charge is -2.10. The van der Waals surface area contributed by atoms with Crippen LogP contribution in [0.1, 0.15) is 27.3 Å². The summed E-state index contributed by atoms with van der Waals surface area (Å²) in [7, 11) is 0. The van der Waals surface area contributed by atoms with Crippen LogP contribution >= 0.6 is 0 Å². The number of aromatic nitrogens is 2. The lowest BCUT2D eigenvalue weighted by atomic mass is 10.1. The maximum atomic E-state index is 12.7. The van der Waals surface area contributed by atoms with E-state index in [2.05, 4.69) is 5.10 Å². The third kappa shape index (κ3) is 4.59. The van der Waals surface area contributed by atoms with Crippen LogP contribution in [0.2, 0.25) is 0 Å². The second-order valence-corrected chi connectivity index (χ2v) is 6.56. The summed E-state index contributed by atoms with van der Waals surface area (Å²) >= 11 is 0. The van der Waals surface area contributed by atoms with Gasteiger partial charge in [-0.2, -0.15) is 10.4 Å². The lowest BCUT2D eigenvalue weighted by Crippen LogP contribution is -2.15. The van der Waals surface area contributed by atoms with Crippen LogP contribution in [-0.2, 0) is 6.61 Å². The van der Waals surface area contributed by atoms with E-state index in [4.69, 9.17) is 4.74 Å². The Kier molecular flexibility index (Phi) is 6.03. The van der Waals surface area contributed by atoms with Gasteiger partial charge in [-0.1, -0.05) is 18.2 Å². The Morgan fingerprint density at radius 1 is 1.23 bits per heavy atom. The van der Waals surface area contributed by atoms with Gasteiger partial charge in [0, 0.05) is 23.4 Å². The van der Waals surface area contributed by atoms with E-state index in [0.717, 1.165) is 5.56 Å². The summed E-state index contributed by atoms with van der Waals surface area (Å²) in [6, 6.07) is 16.7. The van der Waals surface area contributed by atoms with Crippen LogP contribution < -0.4 is 4.74 Å². The van der Waals surface area contributed by atoms with Crippen LogP contribution in [0.3, 0.4) is 0 Å². The van der Waals surface area contributed by atoms with E-state index in [1.165, 1.54) is 22.9 Å². The molecule has 8 heteroatoms. The second kappa shape index (κ2) is 8.84. The Labute approximate surface area is 172 Å². The molecule has 3 rings (SSSR count). The summed E-state index contributed by atoms with van der Waals surface area (Å²) in [4.78, 5) is 23.0. The number of rotatable bonds is 6. The second-order valence-electron chi connectivity index (χ2n) is 6.56. The molecule has 0 amide bonds. The van der Waals surface area contributed by atoms with Crippen LogP contribution in [0.4, 0.5) is 5.69 Å². The molecule has 0 radical (unpaired) electrons. The van der Waals surface area contributed by atoms with Crippen molar-refractivity contribution in [1.29, 1.82) is 5.26 Å². The minimum atomic E-state index is -0.520. The third-order valence-corrected chi connectivity index (χ3v) is 4.31. The Bertz CT molecular complexity index is 1170. The SMILES string of the molecule is Cc1cc(C)n(C(=O)/C(C#N)=C/c2ccccc2OCc2ccc([N+](=O)[O-])cc2)n1. The van der Waals surface area contributed by atoms with Crippen molar-refractivity contribution in [3.63, 3.8) is 0 Å². The summed E-state index contributed by atoms with van der Waals surface area (Å²) < 4.78 is 7.02. The molecule has 0 aliphatic carbocycles. The van der Waals surface area contributed by atoms with Crippen molar-refractivity contribution in [2.24, 2.45) is 0 Å². The average molecular weight is 402 g/mol. The molecule has 1 heterocycles. The number of para-hydroxylation sites is 1. The molecule has 2 aromatic carbocycles. The minimum Gasteiger partial charge on any atom is -0.488 e. The summed E-state index contributed by atoms with van der Waals surface area (Å²) in [6.45, 7) is 3.69. The zero-order chi connectivity index (χ0) is 21.7. The molecule has 30 heavy (non-hydrogen) atoms. The molecule has 0 fully saturated rings. The molecule has 0 aliphatic heterocycles. The predicted octanol–water partition coefficient (Wildman–Crippen LogP) is 4.23. The number of hydrogen-bond acceptors (Lipinski definition) is 6. The van der Waals surface area contributed by atoms with Crippen LogP contribution in [0.25, 0.3) is 6.08 Å². The summed E-state index contributed by atoms with van der Waals surface area (Å²) in [5.41, 5.74) is 2.56. The molecule has 1 aromatic heterocycles. The van der Waals surface area contributed by atoms with Gasteiger partial charge < -0.3 is 4.74 Å². The maximum Gasteiger partial charge on any atom is 0.289 e. The normalized spacial score (nSPS) is 11.0. The van der Waals surface area contributed by atoms with E-state index in [1.807, 2.05) is 6.07 Å². The Hall–Kier alpha value is -4.25. The summed E-state index contributed by atoms with van der Waals surface area (Å²) in [5, 5.41) is 24.4. The fourth-order valence-electron chi connectivity index (χ4n) is 2.85. The molecule has 0 N–H and O–H groups in total. The van der Waals surface area contributed by atoms with Crippen LogP contribution in [0.15, 0.2) is 60.2 Å². The zero-order valence-electron chi connectivity index (χ0n) is 16.4. The van der Waals surface area contributed by atoms with E-state index in [-0.39, 0.29) is 17.9 Å². The van der Waals surface area contributed by atoms with E-state index >= 15 is 0 Å². The fraction of sp³-hybridized carbons (Fsp3) is 0.136.